The molecule has 0 saturated carbocycles. The molecule has 8 nitrogen and oxygen atoms in total. The lowest BCUT2D eigenvalue weighted by atomic mass is 10.0. The first kappa shape index (κ1) is 45.9. The molecule has 2 N–H and O–H groups in total. The topological polar surface area (TPSA) is 119 Å². The molecule has 0 aliphatic carbocycles. The maximum atomic E-state index is 12.4. The Balaban J connectivity index is 2.08. The minimum absolute atomic E-state index is 0.139. The number of hydrogen-bond acceptors (Lipinski definition) is 8. The lowest BCUT2D eigenvalue weighted by Gasteiger charge is -2.19. The summed E-state index contributed by atoms with van der Waals surface area (Å²) in [6.45, 7) is 4.08. The number of esters is 3. The van der Waals surface area contributed by atoms with Crippen LogP contribution in [0.25, 0.3) is 0 Å². The second kappa shape index (κ2) is 32.8. The third kappa shape index (κ3) is 25.0. The van der Waals surface area contributed by atoms with Crippen LogP contribution in [0.2, 0.25) is 0 Å². The highest BCUT2D eigenvalue weighted by Gasteiger charge is 2.42. The Morgan fingerprint density at radius 1 is 0.560 bits per heavy atom. The van der Waals surface area contributed by atoms with Crippen LogP contribution in [0.15, 0.2) is 11.5 Å². The number of carbonyl (C=O) groups excluding carboxylic acids is 3. The molecule has 292 valence electrons. The zero-order valence-electron chi connectivity index (χ0n) is 32.3. The number of aliphatic hydroxyl groups excluding tert-OH is 2. The number of carbonyl (C=O) groups is 3. The molecule has 0 fully saturated rings. The maximum Gasteiger partial charge on any atom is 0.378 e. The highest BCUT2D eigenvalue weighted by molar-refractivity contribution is 5.90. The van der Waals surface area contributed by atoms with E-state index in [1.54, 1.807) is 0 Å². The van der Waals surface area contributed by atoms with Gasteiger partial charge >= 0.3 is 17.9 Å². The molecule has 0 aromatic rings. The standard InChI is InChI=1S/C42H76O8/c1-3-5-7-9-11-13-15-17-19-21-23-25-27-29-31-33-37(44)48-35-36(43)40-41(39(46)42(47)50-40)49-38(45)34-32-30-28-26-24-22-20-18-16-14-12-10-8-6-4-2/h36,40,43,46H,3-35H2,1-2H3/t36-,40+/m0/s1. The van der Waals surface area contributed by atoms with E-state index in [2.05, 4.69) is 13.8 Å². The average molecular weight is 709 g/mol. The van der Waals surface area contributed by atoms with Gasteiger partial charge in [0.25, 0.3) is 0 Å². The van der Waals surface area contributed by atoms with Crippen LogP contribution < -0.4 is 0 Å². The highest BCUT2D eigenvalue weighted by Crippen LogP contribution is 2.26. The number of unbranched alkanes of at least 4 members (excludes halogenated alkanes) is 28. The zero-order valence-corrected chi connectivity index (χ0v) is 32.3. The van der Waals surface area contributed by atoms with E-state index in [0.717, 1.165) is 32.1 Å². The summed E-state index contributed by atoms with van der Waals surface area (Å²) in [4.78, 5) is 36.6. The fourth-order valence-electron chi connectivity index (χ4n) is 6.61. The number of aliphatic hydroxyl groups is 2. The van der Waals surface area contributed by atoms with Crippen LogP contribution in [-0.4, -0.2) is 46.9 Å². The van der Waals surface area contributed by atoms with Crippen LogP contribution in [0.4, 0.5) is 0 Å². The first-order valence-corrected chi connectivity index (χ1v) is 21.1. The molecule has 1 aliphatic heterocycles. The van der Waals surface area contributed by atoms with Gasteiger partial charge in [0.1, 0.15) is 12.7 Å². The van der Waals surface area contributed by atoms with Gasteiger partial charge < -0.3 is 24.4 Å². The van der Waals surface area contributed by atoms with Gasteiger partial charge in [-0.25, -0.2) is 4.79 Å². The van der Waals surface area contributed by atoms with Gasteiger partial charge in [-0.2, -0.15) is 0 Å². The molecule has 0 bridgehead atoms. The Kier molecular flexibility index (Phi) is 30.1. The second-order valence-corrected chi connectivity index (χ2v) is 14.7. The molecule has 0 aromatic heterocycles. The summed E-state index contributed by atoms with van der Waals surface area (Å²) in [7, 11) is 0. The van der Waals surface area contributed by atoms with Crippen molar-refractivity contribution >= 4 is 17.9 Å². The minimum Gasteiger partial charge on any atom is -0.499 e. The molecule has 0 unspecified atom stereocenters. The normalized spacial score (nSPS) is 15.0. The first-order valence-electron chi connectivity index (χ1n) is 21.1. The third-order valence-electron chi connectivity index (χ3n) is 9.88. The smallest absolute Gasteiger partial charge is 0.378 e. The summed E-state index contributed by atoms with van der Waals surface area (Å²) in [5.74, 6) is -3.35. The summed E-state index contributed by atoms with van der Waals surface area (Å²) < 4.78 is 15.5. The van der Waals surface area contributed by atoms with Gasteiger partial charge in [0.05, 0.1) is 0 Å². The Labute approximate surface area is 305 Å². The Morgan fingerprint density at radius 3 is 1.24 bits per heavy atom. The molecule has 1 rings (SSSR count). The van der Waals surface area contributed by atoms with Crippen molar-refractivity contribution in [2.75, 3.05) is 6.61 Å². The Morgan fingerprint density at radius 2 is 0.880 bits per heavy atom. The molecular weight excluding hydrogens is 632 g/mol. The van der Waals surface area contributed by atoms with E-state index < -0.39 is 48.2 Å². The van der Waals surface area contributed by atoms with Crippen LogP contribution in [0.5, 0.6) is 0 Å². The van der Waals surface area contributed by atoms with Gasteiger partial charge in [0.15, 0.2) is 6.10 Å². The van der Waals surface area contributed by atoms with Crippen molar-refractivity contribution in [3.63, 3.8) is 0 Å². The summed E-state index contributed by atoms with van der Waals surface area (Å²) in [6.07, 6.45) is 34.5. The van der Waals surface area contributed by atoms with Gasteiger partial charge in [-0.1, -0.05) is 194 Å². The highest BCUT2D eigenvalue weighted by atomic mass is 16.6. The first-order chi connectivity index (χ1) is 24.4. The molecule has 0 amide bonds. The molecule has 0 radical (unpaired) electrons. The monoisotopic (exact) mass is 709 g/mol. The van der Waals surface area contributed by atoms with Crippen molar-refractivity contribution in [2.45, 2.75) is 232 Å². The van der Waals surface area contributed by atoms with Crippen LogP contribution in [0.3, 0.4) is 0 Å². The fourth-order valence-corrected chi connectivity index (χ4v) is 6.61. The largest absolute Gasteiger partial charge is 0.499 e. The average Bonchev–Trinajstić information content (AvgIpc) is 3.39. The van der Waals surface area contributed by atoms with E-state index in [4.69, 9.17) is 14.2 Å². The molecular formula is C42H76O8. The predicted octanol–water partition coefficient (Wildman–Crippen LogP) is 11.7. The van der Waals surface area contributed by atoms with E-state index in [-0.39, 0.29) is 12.8 Å². The van der Waals surface area contributed by atoms with Crippen LogP contribution in [0, 0.1) is 0 Å². The van der Waals surface area contributed by atoms with E-state index in [0.29, 0.717) is 12.8 Å². The van der Waals surface area contributed by atoms with Crippen molar-refractivity contribution in [3.05, 3.63) is 11.5 Å². The molecule has 8 heteroatoms. The number of cyclic esters (lactones) is 1. The van der Waals surface area contributed by atoms with Crippen molar-refractivity contribution in [2.24, 2.45) is 0 Å². The van der Waals surface area contributed by atoms with Gasteiger partial charge in [0.2, 0.25) is 11.5 Å². The summed E-state index contributed by atoms with van der Waals surface area (Å²) in [6, 6.07) is 0. The van der Waals surface area contributed by atoms with E-state index in [1.165, 1.54) is 148 Å². The number of hydrogen-bond donors (Lipinski definition) is 2. The van der Waals surface area contributed by atoms with Gasteiger partial charge in [-0.3, -0.25) is 9.59 Å². The minimum atomic E-state index is -1.46. The molecule has 2 atom stereocenters. The second-order valence-electron chi connectivity index (χ2n) is 14.7. The summed E-state index contributed by atoms with van der Waals surface area (Å²) >= 11 is 0. The SMILES string of the molecule is CCCCCCCCCCCCCCCCCC(=O)OC[C@H](O)[C@H]1OC(=O)C(O)=C1OC(=O)CCCCCCCCCCCCCCCCC. The van der Waals surface area contributed by atoms with Gasteiger partial charge in [0, 0.05) is 12.8 Å². The molecule has 0 spiro atoms. The van der Waals surface area contributed by atoms with Crippen LogP contribution >= 0.6 is 0 Å². The molecule has 1 aliphatic rings. The van der Waals surface area contributed by atoms with E-state index in [1.807, 2.05) is 0 Å². The van der Waals surface area contributed by atoms with Crippen molar-refractivity contribution < 1.29 is 38.8 Å². The molecule has 0 saturated heterocycles. The fraction of sp³-hybridized carbons (Fsp3) is 0.881. The maximum absolute atomic E-state index is 12.4. The molecule has 0 aromatic carbocycles. The third-order valence-corrected chi connectivity index (χ3v) is 9.88. The van der Waals surface area contributed by atoms with E-state index in [9.17, 15) is 24.6 Å². The number of ether oxygens (including phenoxy) is 3. The van der Waals surface area contributed by atoms with Crippen LogP contribution in [0.1, 0.15) is 219 Å². The molecule has 1 heterocycles. The van der Waals surface area contributed by atoms with Crippen molar-refractivity contribution in [3.8, 4) is 0 Å². The lowest BCUT2D eigenvalue weighted by Crippen LogP contribution is -2.34. The quantitative estimate of drug-likeness (QED) is 0.0375. The van der Waals surface area contributed by atoms with Crippen molar-refractivity contribution in [1.29, 1.82) is 0 Å². The van der Waals surface area contributed by atoms with Gasteiger partial charge in [-0.05, 0) is 12.8 Å². The summed E-state index contributed by atoms with van der Waals surface area (Å²) in [5, 5.41) is 20.7. The molecule has 50 heavy (non-hydrogen) atoms. The number of rotatable bonds is 36. The zero-order chi connectivity index (χ0) is 36.5. The predicted molar refractivity (Wildman–Crippen MR) is 202 cm³/mol. The van der Waals surface area contributed by atoms with Crippen LogP contribution in [-0.2, 0) is 28.6 Å². The lowest BCUT2D eigenvalue weighted by molar-refractivity contribution is -0.157. The Bertz CT molecular complexity index is 885. The Hall–Kier alpha value is -2.09. The van der Waals surface area contributed by atoms with Gasteiger partial charge in [-0.15, -0.1) is 0 Å². The van der Waals surface area contributed by atoms with E-state index >= 15 is 0 Å². The van der Waals surface area contributed by atoms with Crippen molar-refractivity contribution in [1.82, 2.24) is 0 Å². The summed E-state index contributed by atoms with van der Waals surface area (Å²) in [5.41, 5.74) is 0.